The van der Waals surface area contributed by atoms with Crippen molar-refractivity contribution in [3.8, 4) is 10.6 Å². The van der Waals surface area contributed by atoms with Crippen LogP contribution in [0.1, 0.15) is 29.8 Å². The first-order valence-electron chi connectivity index (χ1n) is 7.84. The van der Waals surface area contributed by atoms with Gasteiger partial charge in [-0.1, -0.05) is 11.2 Å². The lowest BCUT2D eigenvalue weighted by atomic mass is 9.89. The Labute approximate surface area is 137 Å². The van der Waals surface area contributed by atoms with Gasteiger partial charge in [-0.3, -0.25) is 4.79 Å². The Balaban J connectivity index is 1.38. The van der Waals surface area contributed by atoms with Crippen molar-refractivity contribution in [2.24, 2.45) is 0 Å². The molecule has 2 aliphatic rings. The van der Waals surface area contributed by atoms with E-state index in [2.05, 4.69) is 10.5 Å². The first-order chi connectivity index (χ1) is 11.3. The maximum Gasteiger partial charge on any atom is 0.273 e. The van der Waals surface area contributed by atoms with Gasteiger partial charge in [0.25, 0.3) is 5.91 Å². The summed E-state index contributed by atoms with van der Waals surface area (Å²) in [6.45, 7) is 1.30. The van der Waals surface area contributed by atoms with Gasteiger partial charge in [0.05, 0.1) is 30.3 Å². The summed E-state index contributed by atoms with van der Waals surface area (Å²) in [6.07, 6.45) is 2.85. The van der Waals surface area contributed by atoms with Gasteiger partial charge in [0, 0.05) is 12.1 Å². The molecule has 0 spiro atoms. The molecule has 3 heterocycles. The van der Waals surface area contributed by atoms with Crippen molar-refractivity contribution in [2.75, 3.05) is 13.2 Å². The van der Waals surface area contributed by atoms with Gasteiger partial charge in [-0.05, 0) is 30.7 Å². The minimum absolute atomic E-state index is 0.0850. The number of ether oxygens (including phenoxy) is 2. The summed E-state index contributed by atoms with van der Waals surface area (Å²) in [4.78, 5) is 13.3. The molecule has 6 nitrogen and oxygen atoms in total. The Morgan fingerprint density at radius 2 is 2.13 bits per heavy atom. The van der Waals surface area contributed by atoms with Crippen LogP contribution in [0.15, 0.2) is 28.1 Å². The summed E-state index contributed by atoms with van der Waals surface area (Å²) in [5.41, 5.74) is 0.316. The number of hydrogen-bond donors (Lipinski definition) is 1. The number of rotatable bonds is 3. The molecule has 3 unspecified atom stereocenters. The van der Waals surface area contributed by atoms with Crippen LogP contribution >= 0.6 is 11.3 Å². The van der Waals surface area contributed by atoms with Crippen molar-refractivity contribution in [1.29, 1.82) is 0 Å². The predicted molar refractivity (Wildman–Crippen MR) is 84.4 cm³/mol. The van der Waals surface area contributed by atoms with Crippen molar-refractivity contribution < 1.29 is 18.8 Å². The van der Waals surface area contributed by atoms with Gasteiger partial charge in [0.1, 0.15) is 0 Å². The molecule has 4 rings (SSSR count). The van der Waals surface area contributed by atoms with E-state index in [1.165, 1.54) is 0 Å². The molecule has 1 N–H and O–H groups in total. The van der Waals surface area contributed by atoms with E-state index in [1.807, 2.05) is 17.5 Å². The quantitative estimate of drug-likeness (QED) is 0.933. The topological polar surface area (TPSA) is 73.6 Å². The highest BCUT2D eigenvalue weighted by Crippen LogP contribution is 2.28. The Morgan fingerprint density at radius 3 is 2.96 bits per heavy atom. The molecule has 23 heavy (non-hydrogen) atoms. The van der Waals surface area contributed by atoms with E-state index < -0.39 is 0 Å². The van der Waals surface area contributed by atoms with Crippen molar-refractivity contribution >= 4 is 17.2 Å². The molecular weight excluding hydrogens is 316 g/mol. The number of nitrogens with zero attached hydrogens (tertiary/aromatic N) is 1. The van der Waals surface area contributed by atoms with Crippen molar-refractivity contribution in [3.63, 3.8) is 0 Å². The lowest BCUT2D eigenvalue weighted by Crippen LogP contribution is -2.49. The van der Waals surface area contributed by atoms with Gasteiger partial charge in [-0.2, -0.15) is 0 Å². The summed E-state index contributed by atoms with van der Waals surface area (Å²) in [5.74, 6) is 0.426. The lowest BCUT2D eigenvalue weighted by Gasteiger charge is -2.38. The van der Waals surface area contributed by atoms with E-state index in [9.17, 15) is 4.79 Å². The third kappa shape index (κ3) is 3.17. The molecule has 0 radical (unpaired) electrons. The van der Waals surface area contributed by atoms with Gasteiger partial charge < -0.3 is 19.3 Å². The number of thiophene rings is 1. The number of carbonyl (C=O) groups excluding carboxylic acids is 1. The molecule has 1 aliphatic carbocycles. The number of fused-ring (bicyclic) bond motifs is 1. The Bertz CT molecular complexity index is 669. The third-order valence-corrected chi connectivity index (χ3v) is 5.20. The SMILES string of the molecule is O=C(NC1CCC2OCCOC2C1)c1cc(-c2cccs2)on1. The fourth-order valence-electron chi connectivity index (χ4n) is 3.17. The second-order valence-corrected chi connectivity index (χ2v) is 6.80. The van der Waals surface area contributed by atoms with Gasteiger partial charge in [0.2, 0.25) is 0 Å². The number of hydrogen-bond acceptors (Lipinski definition) is 6. The summed E-state index contributed by atoms with van der Waals surface area (Å²) in [5, 5.41) is 8.88. The van der Waals surface area contributed by atoms with E-state index >= 15 is 0 Å². The average Bonchev–Trinajstić information content (AvgIpc) is 3.26. The van der Waals surface area contributed by atoms with Crippen LogP contribution in [0.25, 0.3) is 10.6 Å². The molecular formula is C16H18N2O4S. The largest absolute Gasteiger partial charge is 0.373 e. The Morgan fingerprint density at radius 1 is 1.26 bits per heavy atom. The molecule has 7 heteroatoms. The number of carbonyl (C=O) groups is 1. The van der Waals surface area contributed by atoms with Crippen molar-refractivity contribution in [1.82, 2.24) is 10.5 Å². The van der Waals surface area contributed by atoms with Crippen LogP contribution < -0.4 is 5.32 Å². The smallest absolute Gasteiger partial charge is 0.273 e. The van der Waals surface area contributed by atoms with E-state index in [4.69, 9.17) is 14.0 Å². The zero-order chi connectivity index (χ0) is 15.6. The van der Waals surface area contributed by atoms with Crippen LogP contribution in [-0.2, 0) is 9.47 Å². The molecule has 1 saturated carbocycles. The van der Waals surface area contributed by atoms with Gasteiger partial charge in [-0.15, -0.1) is 11.3 Å². The van der Waals surface area contributed by atoms with E-state index in [0.29, 0.717) is 24.7 Å². The molecule has 1 aliphatic heterocycles. The fourth-order valence-corrected chi connectivity index (χ4v) is 3.85. The molecule has 1 amide bonds. The molecule has 2 aromatic heterocycles. The van der Waals surface area contributed by atoms with E-state index in [-0.39, 0.29) is 24.2 Å². The second-order valence-electron chi connectivity index (χ2n) is 5.86. The molecule has 122 valence electrons. The third-order valence-electron chi connectivity index (χ3n) is 4.32. The van der Waals surface area contributed by atoms with Gasteiger partial charge >= 0.3 is 0 Å². The monoisotopic (exact) mass is 334 g/mol. The highest BCUT2D eigenvalue weighted by atomic mass is 32.1. The second kappa shape index (κ2) is 6.43. The zero-order valence-electron chi connectivity index (χ0n) is 12.6. The molecule has 2 fully saturated rings. The van der Waals surface area contributed by atoms with Crippen LogP contribution in [0.3, 0.4) is 0 Å². The summed E-state index contributed by atoms with van der Waals surface area (Å²) in [7, 11) is 0. The fraction of sp³-hybridized carbons (Fsp3) is 0.500. The number of nitrogens with one attached hydrogen (secondary N) is 1. The highest BCUT2D eigenvalue weighted by Gasteiger charge is 2.35. The average molecular weight is 334 g/mol. The Hall–Kier alpha value is -1.70. The van der Waals surface area contributed by atoms with Crippen molar-refractivity contribution in [3.05, 3.63) is 29.3 Å². The molecule has 0 aromatic carbocycles. The molecule has 3 atom stereocenters. The first kappa shape index (κ1) is 14.9. The summed E-state index contributed by atoms with van der Waals surface area (Å²) >= 11 is 1.55. The van der Waals surface area contributed by atoms with Crippen LogP contribution in [0, 0.1) is 0 Å². The normalized spacial score (nSPS) is 27.4. The van der Waals surface area contributed by atoms with Crippen molar-refractivity contribution in [2.45, 2.75) is 37.5 Å². The van der Waals surface area contributed by atoms with E-state index in [1.54, 1.807) is 17.4 Å². The standard InChI is InChI=1S/C16H18N2O4S/c19-16(11-9-14(22-18-11)15-2-1-7-23-15)17-10-3-4-12-13(8-10)21-6-5-20-12/h1-2,7,9-10,12-13H,3-6,8H2,(H,17,19). The number of amides is 1. The number of aromatic nitrogens is 1. The maximum atomic E-state index is 12.4. The maximum absolute atomic E-state index is 12.4. The van der Waals surface area contributed by atoms with Gasteiger partial charge in [-0.25, -0.2) is 0 Å². The zero-order valence-corrected chi connectivity index (χ0v) is 13.4. The van der Waals surface area contributed by atoms with Crippen LogP contribution in [0.4, 0.5) is 0 Å². The minimum Gasteiger partial charge on any atom is -0.373 e. The molecule has 0 bridgehead atoms. The molecule has 2 aromatic rings. The minimum atomic E-state index is -0.197. The summed E-state index contributed by atoms with van der Waals surface area (Å²) < 4.78 is 16.7. The first-order valence-corrected chi connectivity index (χ1v) is 8.72. The predicted octanol–water partition coefficient (Wildman–Crippen LogP) is 2.47. The lowest BCUT2D eigenvalue weighted by molar-refractivity contribution is -0.157. The molecule has 1 saturated heterocycles. The van der Waals surface area contributed by atoms with E-state index in [0.717, 1.165) is 24.1 Å². The highest BCUT2D eigenvalue weighted by molar-refractivity contribution is 7.13. The Kier molecular flexibility index (Phi) is 4.15. The summed E-state index contributed by atoms with van der Waals surface area (Å²) in [6, 6.07) is 5.65. The van der Waals surface area contributed by atoms with Crippen LogP contribution in [0.5, 0.6) is 0 Å². The van der Waals surface area contributed by atoms with Gasteiger partial charge in [0.15, 0.2) is 11.5 Å². The van der Waals surface area contributed by atoms with Crippen LogP contribution in [0.2, 0.25) is 0 Å². The van der Waals surface area contributed by atoms with Crippen LogP contribution in [-0.4, -0.2) is 42.5 Å².